The summed E-state index contributed by atoms with van der Waals surface area (Å²) in [5.74, 6) is 1.72. The summed E-state index contributed by atoms with van der Waals surface area (Å²) in [6.45, 7) is 20.0. The summed E-state index contributed by atoms with van der Waals surface area (Å²) in [7, 11) is 2.19. The molecule has 1 aliphatic carbocycles. The SMILES string of the molecule is C=C(/C=C/C1=C(Oc2cccc(C3OC(CCCC4CC(CCC[C@H](C)O)OC(c5cccc(O)c5)O4)CC(CC(O)CC)O3)c2)C(=C/C=C2/N(C)c3ccc4ccccc4c3C2(C)C)/CCC1)C(C)(C)c1c(C)ccc2ccccc12. The minimum Gasteiger partial charge on any atom is -0.508 e. The zero-order valence-electron chi connectivity index (χ0n) is 49.7. The summed E-state index contributed by atoms with van der Waals surface area (Å²) < 4.78 is 34.0. The van der Waals surface area contributed by atoms with Gasteiger partial charge in [-0.3, -0.25) is 0 Å². The molecule has 6 aromatic rings. The van der Waals surface area contributed by atoms with Gasteiger partial charge in [-0.2, -0.15) is 0 Å². The number of allylic oxidation sites excluding steroid dienone is 8. The molecule has 82 heavy (non-hydrogen) atoms. The van der Waals surface area contributed by atoms with Crippen LogP contribution in [0.1, 0.15) is 165 Å². The summed E-state index contributed by atoms with van der Waals surface area (Å²) >= 11 is 0. The Morgan fingerprint density at radius 3 is 2.07 bits per heavy atom. The first-order valence-corrected chi connectivity index (χ1v) is 30.3. The maximum atomic E-state index is 11.0. The van der Waals surface area contributed by atoms with Crippen molar-refractivity contribution >= 4 is 27.2 Å². The largest absolute Gasteiger partial charge is 0.508 e. The molecule has 10 rings (SSSR count). The summed E-state index contributed by atoms with van der Waals surface area (Å²) in [5, 5.41) is 36.3. The number of nitrogens with zero attached hydrogens (tertiary/aromatic N) is 1. The number of ether oxygens (including phenoxy) is 5. The van der Waals surface area contributed by atoms with Crippen LogP contribution in [0, 0.1) is 6.92 Å². The van der Waals surface area contributed by atoms with E-state index in [9.17, 15) is 15.3 Å². The Labute approximate surface area is 487 Å². The molecular weight excluding hydrogens is 1020 g/mol. The van der Waals surface area contributed by atoms with E-state index in [0.717, 1.165) is 91.4 Å². The van der Waals surface area contributed by atoms with Crippen LogP contribution in [0.5, 0.6) is 11.5 Å². The third-order valence-electron chi connectivity index (χ3n) is 17.9. The average Bonchev–Trinajstić information content (AvgIpc) is 3.46. The van der Waals surface area contributed by atoms with Gasteiger partial charge in [-0.15, -0.1) is 0 Å². The van der Waals surface area contributed by atoms with Crippen LogP contribution in [-0.2, 0) is 29.8 Å². The fraction of sp³-hybridized carbons (Fsp3) is 0.425. The van der Waals surface area contributed by atoms with E-state index in [1.54, 1.807) is 12.1 Å². The molecule has 2 saturated heterocycles. The Morgan fingerprint density at radius 2 is 1.38 bits per heavy atom. The van der Waals surface area contributed by atoms with E-state index in [2.05, 4.69) is 156 Å². The number of aliphatic hydroxyl groups excluding tert-OH is 2. The van der Waals surface area contributed by atoms with Gasteiger partial charge in [-0.25, -0.2) is 0 Å². The first kappa shape index (κ1) is 58.9. The molecule has 8 atom stereocenters. The molecule has 7 unspecified atom stereocenters. The molecule has 0 aromatic heterocycles. The minimum atomic E-state index is -0.663. The van der Waals surface area contributed by atoms with E-state index in [4.69, 9.17) is 30.3 Å². The van der Waals surface area contributed by atoms with Gasteiger partial charge < -0.3 is 43.9 Å². The van der Waals surface area contributed by atoms with E-state index in [0.29, 0.717) is 31.4 Å². The lowest BCUT2D eigenvalue weighted by molar-refractivity contribution is -0.257. The van der Waals surface area contributed by atoms with Gasteiger partial charge in [0.15, 0.2) is 12.6 Å². The molecule has 3 N–H and O–H groups in total. The van der Waals surface area contributed by atoms with Crippen LogP contribution in [0.2, 0.25) is 0 Å². The Balaban J connectivity index is 0.927. The summed E-state index contributed by atoms with van der Waals surface area (Å²) in [6.07, 6.45) is 16.7. The molecule has 6 aromatic carbocycles. The number of phenols is 1. The van der Waals surface area contributed by atoms with Crippen molar-refractivity contribution in [1.82, 2.24) is 0 Å². The van der Waals surface area contributed by atoms with Crippen molar-refractivity contribution in [2.75, 3.05) is 11.9 Å². The number of benzene rings is 6. The number of aliphatic hydroxyl groups is 2. The molecule has 0 radical (unpaired) electrons. The Bertz CT molecular complexity index is 3360. The first-order valence-electron chi connectivity index (χ1n) is 30.3. The fourth-order valence-electron chi connectivity index (χ4n) is 13.3. The van der Waals surface area contributed by atoms with Crippen molar-refractivity contribution in [3.8, 4) is 11.5 Å². The van der Waals surface area contributed by atoms with Gasteiger partial charge in [0.05, 0.1) is 36.6 Å². The predicted molar refractivity (Wildman–Crippen MR) is 332 cm³/mol. The van der Waals surface area contributed by atoms with Crippen molar-refractivity contribution in [1.29, 1.82) is 0 Å². The average molecular weight is 1110 g/mol. The van der Waals surface area contributed by atoms with Gasteiger partial charge >= 0.3 is 0 Å². The Hall–Kier alpha value is -6.30. The highest BCUT2D eigenvalue weighted by Gasteiger charge is 2.40. The highest BCUT2D eigenvalue weighted by Crippen LogP contribution is 2.50. The molecule has 0 spiro atoms. The molecule has 0 amide bonds. The fourth-order valence-corrected chi connectivity index (χ4v) is 13.3. The second-order valence-electron chi connectivity index (χ2n) is 24.7. The van der Waals surface area contributed by atoms with Crippen LogP contribution in [0.4, 0.5) is 5.69 Å². The van der Waals surface area contributed by atoms with Crippen LogP contribution in [-0.4, -0.2) is 59.0 Å². The molecule has 432 valence electrons. The number of anilines is 1. The molecule has 0 saturated carbocycles. The maximum absolute atomic E-state index is 11.0. The van der Waals surface area contributed by atoms with Crippen LogP contribution in [0.15, 0.2) is 180 Å². The number of rotatable bonds is 20. The third kappa shape index (κ3) is 13.2. The van der Waals surface area contributed by atoms with Crippen molar-refractivity contribution in [2.24, 2.45) is 0 Å². The normalized spacial score (nSPS) is 24.0. The van der Waals surface area contributed by atoms with Gasteiger partial charge in [0.2, 0.25) is 0 Å². The molecular formula is C73H87NO8. The molecule has 9 nitrogen and oxygen atoms in total. The number of fused-ring (bicyclic) bond motifs is 4. The molecule has 9 heteroatoms. The van der Waals surface area contributed by atoms with Crippen molar-refractivity contribution in [3.63, 3.8) is 0 Å². The standard InChI is InChI=1S/C73H87NO8/c1-10-56(76)44-62-46-61(31-19-30-60-45-59(28-15-20-49(4)75)79-70(80-60)54-25-17-27-57(77)42-54)81-71(82-62)55-26-18-29-58(43-55)78-69-52(37-35-48(3)72(5,6)67-47(2)34-36-50-21-11-13-32-63(50)67)23-16-24-53(69)39-41-66-73(7,8)68-64-33-14-12-22-51(64)38-40-65(68)74(66)9/h11-14,17-18,21-22,25-27,29,32-43,49,56,59-62,70-71,75-77H,3,10,15-16,19-20,23-24,28,30-31,44-46H2,1-2,4-9H3/b37-35+,53-39+,66-41+/t49-,56?,59?,60?,61?,62?,70?,71?/m0/s1. The van der Waals surface area contributed by atoms with E-state index in [-0.39, 0.29) is 47.1 Å². The van der Waals surface area contributed by atoms with Gasteiger partial charge in [0.25, 0.3) is 0 Å². The highest BCUT2D eigenvalue weighted by atomic mass is 16.7. The third-order valence-corrected chi connectivity index (χ3v) is 17.9. The lowest BCUT2D eigenvalue weighted by atomic mass is 9.74. The van der Waals surface area contributed by atoms with E-state index in [1.165, 1.54) is 49.6 Å². The highest BCUT2D eigenvalue weighted by molar-refractivity contribution is 5.95. The number of phenolic OH excluding ortho intramolecular Hbond substituents is 1. The number of aryl methyl sites for hydroxylation is 1. The van der Waals surface area contributed by atoms with Gasteiger partial charge in [0, 0.05) is 53.2 Å². The second kappa shape index (κ2) is 25.7. The molecule has 2 fully saturated rings. The summed E-state index contributed by atoms with van der Waals surface area (Å²) in [5.41, 5.74) is 10.7. The molecule has 4 aliphatic rings. The van der Waals surface area contributed by atoms with Crippen LogP contribution in [0.25, 0.3) is 21.5 Å². The van der Waals surface area contributed by atoms with Crippen molar-refractivity contribution < 1.29 is 39.0 Å². The summed E-state index contributed by atoms with van der Waals surface area (Å²) in [4.78, 5) is 2.35. The van der Waals surface area contributed by atoms with Gasteiger partial charge in [-0.05, 0) is 176 Å². The monoisotopic (exact) mass is 1110 g/mol. The second-order valence-corrected chi connectivity index (χ2v) is 24.7. The summed E-state index contributed by atoms with van der Waals surface area (Å²) in [6, 6.07) is 41.6. The quantitative estimate of drug-likeness (QED) is 0.0644. The number of likely N-dealkylation sites (N-methyl/N-ethyl adjacent to an activating group) is 1. The maximum Gasteiger partial charge on any atom is 0.184 e. The Kier molecular flexibility index (Phi) is 18.4. The molecule has 3 heterocycles. The van der Waals surface area contributed by atoms with Gasteiger partial charge in [-0.1, -0.05) is 150 Å². The lowest BCUT2D eigenvalue weighted by Gasteiger charge is -2.38. The van der Waals surface area contributed by atoms with Gasteiger partial charge in [0.1, 0.15) is 17.3 Å². The minimum absolute atomic E-state index is 0.0279. The van der Waals surface area contributed by atoms with E-state index >= 15 is 0 Å². The topological polar surface area (TPSA) is 110 Å². The number of hydrogen-bond acceptors (Lipinski definition) is 9. The van der Waals surface area contributed by atoms with Crippen LogP contribution in [0.3, 0.4) is 0 Å². The number of aromatic hydroxyl groups is 1. The predicted octanol–water partition coefficient (Wildman–Crippen LogP) is 17.1. The van der Waals surface area contributed by atoms with E-state index < -0.39 is 18.7 Å². The van der Waals surface area contributed by atoms with Crippen LogP contribution < -0.4 is 9.64 Å². The first-order chi connectivity index (χ1) is 39.5. The van der Waals surface area contributed by atoms with Crippen molar-refractivity contribution in [2.45, 2.75) is 192 Å². The molecule has 3 aliphatic heterocycles. The lowest BCUT2D eigenvalue weighted by Crippen LogP contribution is -2.36. The van der Waals surface area contributed by atoms with Crippen molar-refractivity contribution in [3.05, 3.63) is 208 Å². The molecule has 0 bridgehead atoms. The number of hydrogen-bond donors (Lipinski definition) is 3. The zero-order valence-corrected chi connectivity index (χ0v) is 49.7. The Morgan fingerprint density at radius 1 is 0.756 bits per heavy atom. The van der Waals surface area contributed by atoms with E-state index in [1.807, 2.05) is 38.1 Å². The smallest absolute Gasteiger partial charge is 0.184 e. The van der Waals surface area contributed by atoms with Crippen LogP contribution >= 0.6 is 0 Å². The zero-order chi connectivity index (χ0) is 57.7.